The monoisotopic (exact) mass is 600 g/mol. The molecular formula is C27H35Cl2FN4O4S. The van der Waals surface area contributed by atoms with Gasteiger partial charge in [0.05, 0.1) is 5.69 Å². The zero-order valence-corrected chi connectivity index (χ0v) is 24.7. The van der Waals surface area contributed by atoms with Crippen LogP contribution < -0.4 is 9.62 Å². The summed E-state index contributed by atoms with van der Waals surface area (Å²) < 4.78 is 42.0. The van der Waals surface area contributed by atoms with Gasteiger partial charge in [-0.05, 0) is 55.7 Å². The summed E-state index contributed by atoms with van der Waals surface area (Å²) in [4.78, 5) is 28.8. The van der Waals surface area contributed by atoms with Crippen LogP contribution in [0.1, 0.15) is 51.0 Å². The second-order valence-corrected chi connectivity index (χ2v) is 12.6. The van der Waals surface area contributed by atoms with Crippen LogP contribution in [-0.2, 0) is 26.3 Å². The molecule has 1 aliphatic carbocycles. The number of hydrogen-bond acceptors (Lipinski definition) is 4. The van der Waals surface area contributed by atoms with Crippen LogP contribution in [0.4, 0.5) is 10.1 Å². The maximum atomic E-state index is 13.9. The second kappa shape index (κ2) is 13.8. The smallest absolute Gasteiger partial charge is 0.304 e. The van der Waals surface area contributed by atoms with Crippen LogP contribution in [0.3, 0.4) is 0 Å². The summed E-state index contributed by atoms with van der Waals surface area (Å²) >= 11 is 12.8. The molecule has 1 N–H and O–H groups in total. The SMILES string of the molecule is CC[C@@H](C(=O)NC1CCCCC1)N(Cc1c(Cl)cccc1Cl)C(=O)CN(c1ccc(F)cc1)S(=O)(=O)N(C)C. The molecule has 39 heavy (non-hydrogen) atoms. The number of carbonyl (C=O) groups is 2. The molecule has 12 heteroatoms. The molecule has 214 valence electrons. The Labute approximate surface area is 240 Å². The van der Waals surface area contributed by atoms with Crippen LogP contribution in [0.25, 0.3) is 0 Å². The number of nitrogens with zero attached hydrogens (tertiary/aromatic N) is 3. The van der Waals surface area contributed by atoms with E-state index in [2.05, 4.69) is 5.32 Å². The summed E-state index contributed by atoms with van der Waals surface area (Å²) in [5.74, 6) is -1.50. The minimum Gasteiger partial charge on any atom is -0.352 e. The van der Waals surface area contributed by atoms with E-state index in [1.165, 1.54) is 31.1 Å². The number of amides is 2. The Morgan fingerprint density at radius 3 is 2.15 bits per heavy atom. The van der Waals surface area contributed by atoms with Gasteiger partial charge in [-0.1, -0.05) is 55.5 Å². The van der Waals surface area contributed by atoms with E-state index >= 15 is 0 Å². The van der Waals surface area contributed by atoms with Gasteiger partial charge in [0.25, 0.3) is 0 Å². The lowest BCUT2D eigenvalue weighted by atomic mass is 9.95. The molecule has 8 nitrogen and oxygen atoms in total. The average Bonchev–Trinajstić information content (AvgIpc) is 2.89. The maximum Gasteiger partial charge on any atom is 0.304 e. The quantitative estimate of drug-likeness (QED) is 0.393. The molecule has 0 saturated heterocycles. The highest BCUT2D eigenvalue weighted by molar-refractivity contribution is 7.90. The third-order valence-corrected chi connectivity index (χ3v) is 9.39. The molecule has 0 aliphatic heterocycles. The Bertz CT molecular complexity index is 1230. The number of rotatable bonds is 11. The van der Waals surface area contributed by atoms with Gasteiger partial charge in [0.2, 0.25) is 11.8 Å². The average molecular weight is 602 g/mol. The first-order chi connectivity index (χ1) is 18.4. The second-order valence-electron chi connectivity index (χ2n) is 9.76. The van der Waals surface area contributed by atoms with Crippen LogP contribution in [-0.4, -0.2) is 62.2 Å². The fourth-order valence-electron chi connectivity index (χ4n) is 4.64. The summed E-state index contributed by atoms with van der Waals surface area (Å²) in [7, 11) is -1.48. The van der Waals surface area contributed by atoms with Gasteiger partial charge in [0, 0.05) is 42.3 Å². The van der Waals surface area contributed by atoms with Gasteiger partial charge in [0.1, 0.15) is 18.4 Å². The highest BCUT2D eigenvalue weighted by atomic mass is 35.5. The molecular weight excluding hydrogens is 566 g/mol. The molecule has 1 atom stereocenters. The largest absolute Gasteiger partial charge is 0.352 e. The first-order valence-corrected chi connectivity index (χ1v) is 15.1. The molecule has 0 radical (unpaired) electrons. The zero-order valence-electron chi connectivity index (χ0n) is 22.4. The van der Waals surface area contributed by atoms with Crippen molar-refractivity contribution >= 4 is 50.9 Å². The highest BCUT2D eigenvalue weighted by Crippen LogP contribution is 2.28. The first kappa shape index (κ1) is 31.1. The first-order valence-electron chi connectivity index (χ1n) is 12.9. The number of halogens is 3. The number of nitrogens with one attached hydrogen (secondary N) is 1. The van der Waals surface area contributed by atoms with Crippen LogP contribution in [0.5, 0.6) is 0 Å². The van der Waals surface area contributed by atoms with Gasteiger partial charge in [-0.25, -0.2) is 8.70 Å². The molecule has 2 aromatic carbocycles. The van der Waals surface area contributed by atoms with Crippen molar-refractivity contribution in [1.29, 1.82) is 0 Å². The Morgan fingerprint density at radius 2 is 1.62 bits per heavy atom. The van der Waals surface area contributed by atoms with E-state index in [0.717, 1.165) is 52.8 Å². The summed E-state index contributed by atoms with van der Waals surface area (Å²) in [5, 5.41) is 3.72. The topological polar surface area (TPSA) is 90.0 Å². The zero-order chi connectivity index (χ0) is 28.7. The van der Waals surface area contributed by atoms with Crippen molar-refractivity contribution in [3.8, 4) is 0 Å². The molecule has 0 aromatic heterocycles. The molecule has 3 rings (SSSR count). The lowest BCUT2D eigenvalue weighted by molar-refractivity contribution is -0.140. The normalized spacial score (nSPS) is 15.2. The van der Waals surface area contributed by atoms with Gasteiger partial charge in [-0.3, -0.25) is 9.59 Å². The molecule has 2 amide bonds. The third-order valence-electron chi connectivity index (χ3n) is 6.86. The lowest BCUT2D eigenvalue weighted by Gasteiger charge is -2.35. The minimum absolute atomic E-state index is 0.0194. The van der Waals surface area contributed by atoms with Crippen molar-refractivity contribution in [2.75, 3.05) is 24.9 Å². The van der Waals surface area contributed by atoms with Crippen molar-refractivity contribution in [2.24, 2.45) is 0 Å². The van der Waals surface area contributed by atoms with E-state index in [9.17, 15) is 22.4 Å². The molecule has 1 saturated carbocycles. The van der Waals surface area contributed by atoms with Crippen LogP contribution >= 0.6 is 23.2 Å². The summed E-state index contributed by atoms with van der Waals surface area (Å²) in [6.45, 7) is 1.06. The minimum atomic E-state index is -4.15. The number of anilines is 1. The van der Waals surface area contributed by atoms with E-state index in [-0.39, 0.29) is 30.6 Å². The number of carbonyl (C=O) groups excluding carboxylic acids is 2. The van der Waals surface area contributed by atoms with Gasteiger partial charge >= 0.3 is 10.2 Å². The molecule has 0 heterocycles. The van der Waals surface area contributed by atoms with Gasteiger partial charge in [0.15, 0.2) is 0 Å². The molecule has 0 spiro atoms. The van der Waals surface area contributed by atoms with Crippen molar-refractivity contribution < 1.29 is 22.4 Å². The Morgan fingerprint density at radius 1 is 1.03 bits per heavy atom. The predicted octanol–water partition coefficient (Wildman–Crippen LogP) is 5.00. The molecule has 0 unspecified atom stereocenters. The van der Waals surface area contributed by atoms with Gasteiger partial charge in [-0.15, -0.1) is 0 Å². The third kappa shape index (κ3) is 7.84. The highest BCUT2D eigenvalue weighted by Gasteiger charge is 2.35. The van der Waals surface area contributed by atoms with Crippen molar-refractivity contribution in [1.82, 2.24) is 14.5 Å². The fraction of sp³-hybridized carbons (Fsp3) is 0.481. The maximum absolute atomic E-state index is 13.9. The van der Waals surface area contributed by atoms with E-state index in [1.54, 1.807) is 25.1 Å². The Balaban J connectivity index is 2.00. The number of benzene rings is 2. The summed E-state index contributed by atoms with van der Waals surface area (Å²) in [6, 6.07) is 8.86. The standard InChI is InChI=1S/C27H35Cl2FN4O4S/c1-4-25(27(36)31-20-9-6-5-7-10-20)33(17-22-23(28)11-8-12-24(22)29)26(35)18-34(39(37,38)32(2)3)21-15-13-19(30)14-16-21/h8,11-16,20,25H,4-7,9-10,17-18H2,1-3H3,(H,31,36)/t25-/m0/s1. The molecule has 1 aliphatic rings. The van der Waals surface area contributed by atoms with Crippen molar-refractivity contribution in [3.63, 3.8) is 0 Å². The molecule has 0 bridgehead atoms. The van der Waals surface area contributed by atoms with Crippen LogP contribution in [0.15, 0.2) is 42.5 Å². The van der Waals surface area contributed by atoms with Crippen LogP contribution in [0.2, 0.25) is 10.0 Å². The summed E-state index contributed by atoms with van der Waals surface area (Å²) in [6.07, 6.45) is 5.18. The number of hydrogen-bond donors (Lipinski definition) is 1. The van der Waals surface area contributed by atoms with E-state index in [4.69, 9.17) is 23.2 Å². The molecule has 1 fully saturated rings. The Kier molecular flexibility index (Phi) is 11.0. The van der Waals surface area contributed by atoms with E-state index in [0.29, 0.717) is 15.6 Å². The van der Waals surface area contributed by atoms with Gasteiger partial charge in [-0.2, -0.15) is 12.7 Å². The van der Waals surface area contributed by atoms with Crippen LogP contribution in [0, 0.1) is 5.82 Å². The lowest BCUT2D eigenvalue weighted by Crippen LogP contribution is -2.54. The van der Waals surface area contributed by atoms with E-state index < -0.39 is 34.5 Å². The van der Waals surface area contributed by atoms with Gasteiger partial charge < -0.3 is 10.2 Å². The van der Waals surface area contributed by atoms with Crippen molar-refractivity contribution in [3.05, 3.63) is 63.9 Å². The predicted molar refractivity (Wildman–Crippen MR) is 152 cm³/mol. The fourth-order valence-corrected chi connectivity index (χ4v) is 6.21. The van der Waals surface area contributed by atoms with E-state index in [1.807, 2.05) is 0 Å². The molecule has 2 aromatic rings. The van der Waals surface area contributed by atoms with Crippen molar-refractivity contribution in [2.45, 2.75) is 64.1 Å². The Hall–Kier alpha value is -2.40. The summed E-state index contributed by atoms with van der Waals surface area (Å²) in [5.41, 5.74) is 0.552.